The molecule has 0 radical (unpaired) electrons. The Morgan fingerprint density at radius 2 is 1.73 bits per heavy atom. The number of benzene rings is 1. The molecule has 0 saturated carbocycles. The van der Waals surface area contributed by atoms with E-state index in [1.165, 1.54) is 0 Å². The molecule has 0 spiro atoms. The van der Waals surface area contributed by atoms with Crippen LogP contribution in [0.3, 0.4) is 0 Å². The zero-order chi connectivity index (χ0) is 23.4. The summed E-state index contributed by atoms with van der Waals surface area (Å²) in [5.74, 6) is 2.29. The van der Waals surface area contributed by atoms with Gasteiger partial charge in [0.25, 0.3) is 0 Å². The van der Waals surface area contributed by atoms with Gasteiger partial charge in [0.2, 0.25) is 0 Å². The quantitative estimate of drug-likeness (QED) is 0.431. The molecule has 0 aliphatic carbocycles. The molecule has 0 unspecified atom stereocenters. The van der Waals surface area contributed by atoms with Crippen molar-refractivity contribution >= 4 is 27.4 Å². The maximum Gasteiger partial charge on any atom is 0.191 e. The third-order valence-electron chi connectivity index (χ3n) is 6.37. The average molecular weight is 463 g/mol. The van der Waals surface area contributed by atoms with E-state index in [2.05, 4.69) is 77.3 Å². The van der Waals surface area contributed by atoms with Crippen LogP contribution in [0.1, 0.15) is 46.4 Å². The van der Waals surface area contributed by atoms with Crippen LogP contribution < -0.4 is 10.2 Å². The monoisotopic (exact) mass is 462 g/mol. The Bertz CT molecular complexity index is 1270. The van der Waals surface area contributed by atoms with Crippen LogP contribution in [0.2, 0.25) is 0 Å². The molecule has 1 aliphatic rings. The lowest BCUT2D eigenvalue weighted by atomic mass is 9.79. The highest BCUT2D eigenvalue weighted by Crippen LogP contribution is 2.37. The number of fused-ring (bicyclic) bond motifs is 1. The van der Waals surface area contributed by atoms with Crippen molar-refractivity contribution in [2.45, 2.75) is 64.6 Å². The van der Waals surface area contributed by atoms with E-state index in [0.29, 0.717) is 11.9 Å². The summed E-state index contributed by atoms with van der Waals surface area (Å²) < 4.78 is 6.81. The molecule has 4 heterocycles. The van der Waals surface area contributed by atoms with Gasteiger partial charge >= 0.3 is 0 Å². The summed E-state index contributed by atoms with van der Waals surface area (Å²) in [5, 5.41) is 13.0. The van der Waals surface area contributed by atoms with E-state index < -0.39 is 0 Å². The standard InChI is InChI=1S/C25H30N6OS/c1-15-26-13-20(32-15)18-8-7-17(22-23(18)33-14-27-22)19-9-10-21(29-28-19)31(6)16-11-24(2,3)30-25(4,5)12-16/h7-10,13-14,16,30H,11-12H2,1-6H3. The van der Waals surface area contributed by atoms with Crippen LogP contribution in [0.4, 0.5) is 5.82 Å². The Kier molecular flexibility index (Phi) is 5.25. The summed E-state index contributed by atoms with van der Waals surface area (Å²) in [6.07, 6.45) is 3.87. The maximum atomic E-state index is 5.75. The van der Waals surface area contributed by atoms with Crippen LogP contribution in [-0.2, 0) is 0 Å². The molecule has 1 saturated heterocycles. The number of nitrogens with zero attached hydrogens (tertiary/aromatic N) is 5. The summed E-state index contributed by atoms with van der Waals surface area (Å²) in [5.41, 5.74) is 5.70. The Morgan fingerprint density at radius 3 is 2.36 bits per heavy atom. The molecule has 1 N–H and O–H groups in total. The first kappa shape index (κ1) is 22.0. The Hall–Kier alpha value is -2.84. The van der Waals surface area contributed by atoms with Gasteiger partial charge in [-0.15, -0.1) is 21.5 Å². The second kappa shape index (κ2) is 7.88. The highest BCUT2D eigenvalue weighted by Gasteiger charge is 2.39. The summed E-state index contributed by atoms with van der Waals surface area (Å²) in [6, 6.07) is 8.60. The van der Waals surface area contributed by atoms with Gasteiger partial charge in [0, 0.05) is 42.2 Å². The number of hydrogen-bond donors (Lipinski definition) is 1. The molecule has 0 atom stereocenters. The number of aromatic nitrogens is 4. The van der Waals surface area contributed by atoms with E-state index in [9.17, 15) is 0 Å². The van der Waals surface area contributed by atoms with Crippen molar-refractivity contribution < 1.29 is 4.42 Å². The Balaban J connectivity index is 1.44. The van der Waals surface area contributed by atoms with Gasteiger partial charge in [0.15, 0.2) is 17.5 Å². The van der Waals surface area contributed by atoms with Gasteiger partial charge < -0.3 is 14.6 Å². The minimum atomic E-state index is 0.0774. The van der Waals surface area contributed by atoms with Gasteiger partial charge in [-0.1, -0.05) is 0 Å². The smallest absolute Gasteiger partial charge is 0.191 e. The number of hydrogen-bond acceptors (Lipinski definition) is 8. The number of piperidine rings is 1. The van der Waals surface area contributed by atoms with Crippen LogP contribution in [-0.4, -0.2) is 44.3 Å². The van der Waals surface area contributed by atoms with Gasteiger partial charge in [-0.05, 0) is 64.8 Å². The SMILES string of the molecule is Cc1ncc(-c2ccc(-c3ccc(N(C)C4CC(C)(C)NC(C)(C)C4)nn3)c3ncsc23)o1. The van der Waals surface area contributed by atoms with E-state index in [0.717, 1.165) is 51.5 Å². The largest absolute Gasteiger partial charge is 0.441 e. The highest BCUT2D eigenvalue weighted by atomic mass is 32.1. The fourth-order valence-electron chi connectivity index (χ4n) is 5.22. The average Bonchev–Trinajstić information content (AvgIpc) is 3.40. The molecule has 4 aromatic rings. The first-order valence-electron chi connectivity index (χ1n) is 11.3. The fraction of sp³-hybridized carbons (Fsp3) is 0.440. The molecular formula is C25H30N6OS. The van der Waals surface area contributed by atoms with E-state index in [1.807, 2.05) is 24.6 Å². The van der Waals surface area contributed by atoms with Gasteiger partial charge in [-0.2, -0.15) is 0 Å². The minimum Gasteiger partial charge on any atom is -0.441 e. The molecule has 3 aromatic heterocycles. The number of thiazole rings is 1. The number of oxazole rings is 1. The van der Waals surface area contributed by atoms with Gasteiger partial charge in [-0.25, -0.2) is 9.97 Å². The molecule has 0 bridgehead atoms. The number of rotatable bonds is 4. The summed E-state index contributed by atoms with van der Waals surface area (Å²) >= 11 is 1.59. The lowest BCUT2D eigenvalue weighted by molar-refractivity contribution is 0.160. The molecule has 1 aromatic carbocycles. The molecule has 7 nitrogen and oxygen atoms in total. The maximum absolute atomic E-state index is 5.75. The van der Waals surface area contributed by atoms with Crippen molar-refractivity contribution in [1.29, 1.82) is 0 Å². The van der Waals surface area contributed by atoms with E-state index in [-0.39, 0.29) is 11.1 Å². The summed E-state index contributed by atoms with van der Waals surface area (Å²) in [6.45, 7) is 10.9. The second-order valence-corrected chi connectivity index (χ2v) is 11.1. The molecule has 172 valence electrons. The third-order valence-corrected chi connectivity index (χ3v) is 7.23. The van der Waals surface area contributed by atoms with Crippen molar-refractivity contribution in [2.24, 2.45) is 0 Å². The van der Waals surface area contributed by atoms with E-state index in [4.69, 9.17) is 4.42 Å². The molecular weight excluding hydrogens is 432 g/mol. The van der Waals surface area contributed by atoms with Crippen molar-refractivity contribution in [3.63, 3.8) is 0 Å². The zero-order valence-corrected chi connectivity index (χ0v) is 20.8. The lowest BCUT2D eigenvalue weighted by Gasteiger charge is -2.49. The molecule has 1 aliphatic heterocycles. The topological polar surface area (TPSA) is 80.0 Å². The minimum absolute atomic E-state index is 0.0774. The van der Waals surface area contributed by atoms with Crippen LogP contribution >= 0.6 is 11.3 Å². The van der Waals surface area contributed by atoms with Crippen LogP contribution in [0.5, 0.6) is 0 Å². The lowest BCUT2D eigenvalue weighted by Crippen LogP contribution is -2.62. The highest BCUT2D eigenvalue weighted by molar-refractivity contribution is 7.17. The molecule has 5 rings (SSSR count). The number of anilines is 1. The number of aryl methyl sites for hydroxylation is 1. The normalized spacial score (nSPS) is 18.0. The van der Waals surface area contributed by atoms with Gasteiger partial charge in [0.1, 0.15) is 0 Å². The van der Waals surface area contributed by atoms with Crippen molar-refractivity contribution in [3.8, 4) is 22.6 Å². The molecule has 33 heavy (non-hydrogen) atoms. The van der Waals surface area contributed by atoms with Gasteiger partial charge in [-0.3, -0.25) is 0 Å². The molecule has 0 amide bonds. The zero-order valence-electron chi connectivity index (χ0n) is 20.0. The van der Waals surface area contributed by atoms with Crippen molar-refractivity contribution in [3.05, 3.63) is 41.9 Å². The predicted molar refractivity (Wildman–Crippen MR) is 134 cm³/mol. The van der Waals surface area contributed by atoms with Crippen LogP contribution in [0.25, 0.3) is 32.8 Å². The molecule has 1 fully saturated rings. The second-order valence-electron chi connectivity index (χ2n) is 10.3. The van der Waals surface area contributed by atoms with Gasteiger partial charge in [0.05, 0.1) is 27.6 Å². The van der Waals surface area contributed by atoms with Crippen molar-refractivity contribution in [1.82, 2.24) is 25.5 Å². The van der Waals surface area contributed by atoms with E-state index in [1.54, 1.807) is 17.5 Å². The third kappa shape index (κ3) is 4.25. The van der Waals surface area contributed by atoms with E-state index >= 15 is 0 Å². The van der Waals surface area contributed by atoms with Crippen LogP contribution in [0, 0.1) is 6.92 Å². The predicted octanol–water partition coefficient (Wildman–Crippen LogP) is 5.46. The Morgan fingerprint density at radius 1 is 1.00 bits per heavy atom. The fourth-order valence-corrected chi connectivity index (χ4v) is 6.06. The first-order chi connectivity index (χ1) is 15.6. The first-order valence-corrected chi connectivity index (χ1v) is 12.2. The van der Waals surface area contributed by atoms with Crippen molar-refractivity contribution in [2.75, 3.05) is 11.9 Å². The number of nitrogens with one attached hydrogen (secondary N) is 1. The Labute approximate surface area is 198 Å². The summed E-state index contributed by atoms with van der Waals surface area (Å²) in [7, 11) is 2.12. The van der Waals surface area contributed by atoms with Crippen LogP contribution in [0.15, 0.2) is 40.4 Å². The molecule has 8 heteroatoms. The summed E-state index contributed by atoms with van der Waals surface area (Å²) in [4.78, 5) is 11.1.